The summed E-state index contributed by atoms with van der Waals surface area (Å²) in [7, 11) is 0. The number of hydrogen-bond acceptors (Lipinski definition) is 7. The number of pyridine rings is 1. The van der Waals surface area contributed by atoms with Crippen LogP contribution in [-0.4, -0.2) is 38.7 Å². The third-order valence-corrected chi connectivity index (χ3v) is 8.22. The number of aromatic nitrogens is 1. The van der Waals surface area contributed by atoms with E-state index in [1.165, 1.54) is 4.90 Å². The Morgan fingerprint density at radius 3 is 2.10 bits per heavy atom. The van der Waals surface area contributed by atoms with Crippen molar-refractivity contribution in [3.8, 4) is 0 Å². The van der Waals surface area contributed by atoms with Crippen molar-refractivity contribution in [1.82, 2.24) is 9.88 Å². The maximum absolute atomic E-state index is 12.8. The van der Waals surface area contributed by atoms with Crippen LogP contribution in [0.1, 0.15) is 61.8 Å². The second kappa shape index (κ2) is 11.7. The number of ether oxygens (including phenoxy) is 2. The van der Waals surface area contributed by atoms with Gasteiger partial charge in [0.1, 0.15) is 0 Å². The van der Waals surface area contributed by atoms with Gasteiger partial charge in [0.2, 0.25) is 0 Å². The second-order valence-electron chi connectivity index (χ2n) is 9.81. The van der Waals surface area contributed by atoms with Gasteiger partial charge in [-0.05, 0) is 41.0 Å². The minimum Gasteiger partial charge on any atom is -0.392 e. The molecule has 0 bridgehead atoms. The molecule has 2 aliphatic rings. The summed E-state index contributed by atoms with van der Waals surface area (Å²) in [5.41, 5.74) is 4.47. The van der Waals surface area contributed by atoms with Gasteiger partial charge in [-0.2, -0.15) is 0 Å². The largest absolute Gasteiger partial charge is 0.392 e. The normalized spacial score (nSPS) is 20.5. The van der Waals surface area contributed by atoms with Gasteiger partial charge < -0.3 is 14.6 Å². The Morgan fingerprint density at radius 2 is 1.45 bits per heavy atom. The SMILES string of the molecule is O=C1c2ccccc2C(=O)N1Cc1ccc(C2OC(CSc3ccccn3)CC(c3ccc(CO)cc3)O2)cc1. The van der Waals surface area contributed by atoms with Crippen LogP contribution in [0.3, 0.4) is 0 Å². The van der Waals surface area contributed by atoms with E-state index in [9.17, 15) is 14.7 Å². The molecule has 1 N–H and O–H groups in total. The van der Waals surface area contributed by atoms with Gasteiger partial charge in [-0.25, -0.2) is 4.98 Å². The number of aliphatic hydroxyl groups is 1. The number of fused-ring (bicyclic) bond motifs is 1. The number of carbonyl (C=O) groups excluding carboxylic acids is 2. The van der Waals surface area contributed by atoms with Gasteiger partial charge in [0, 0.05) is 23.9 Å². The first kappa shape index (κ1) is 26.4. The molecule has 2 aliphatic heterocycles. The molecule has 2 amide bonds. The molecule has 3 aromatic carbocycles. The van der Waals surface area contributed by atoms with Crippen LogP contribution in [0, 0.1) is 0 Å². The Balaban J connectivity index is 1.18. The molecule has 7 nitrogen and oxygen atoms in total. The molecule has 3 atom stereocenters. The quantitative estimate of drug-likeness (QED) is 0.221. The Labute approximate surface area is 236 Å². The van der Waals surface area contributed by atoms with E-state index in [4.69, 9.17) is 9.47 Å². The third kappa shape index (κ3) is 5.57. The summed E-state index contributed by atoms with van der Waals surface area (Å²) in [5, 5.41) is 10.4. The average Bonchev–Trinajstić information content (AvgIpc) is 3.25. The van der Waals surface area contributed by atoms with Crippen LogP contribution in [0.2, 0.25) is 0 Å². The summed E-state index contributed by atoms with van der Waals surface area (Å²) in [6.45, 7) is 0.191. The average molecular weight is 553 g/mol. The van der Waals surface area contributed by atoms with Gasteiger partial charge in [0.05, 0.1) is 41.5 Å². The first-order chi connectivity index (χ1) is 19.6. The molecule has 202 valence electrons. The van der Waals surface area contributed by atoms with Gasteiger partial charge in [-0.15, -0.1) is 11.8 Å². The summed E-state index contributed by atoms with van der Waals surface area (Å²) in [6, 6.07) is 28.2. The van der Waals surface area contributed by atoms with Crippen LogP contribution in [-0.2, 0) is 22.6 Å². The molecule has 0 saturated carbocycles. The van der Waals surface area contributed by atoms with Crippen molar-refractivity contribution in [2.45, 2.75) is 43.1 Å². The van der Waals surface area contributed by atoms with Crippen molar-refractivity contribution < 1.29 is 24.2 Å². The van der Waals surface area contributed by atoms with Gasteiger partial charge in [0.15, 0.2) is 6.29 Å². The second-order valence-corrected chi connectivity index (χ2v) is 10.9. The molecule has 3 unspecified atom stereocenters. The molecular weight excluding hydrogens is 524 g/mol. The zero-order valence-corrected chi connectivity index (χ0v) is 22.5. The first-order valence-corrected chi connectivity index (χ1v) is 14.2. The lowest BCUT2D eigenvalue weighted by Gasteiger charge is -2.36. The number of hydrogen-bond donors (Lipinski definition) is 1. The number of amides is 2. The molecule has 8 heteroatoms. The molecule has 0 radical (unpaired) electrons. The van der Waals surface area contributed by atoms with Crippen LogP contribution < -0.4 is 0 Å². The van der Waals surface area contributed by atoms with Crippen LogP contribution in [0.25, 0.3) is 0 Å². The summed E-state index contributed by atoms with van der Waals surface area (Å²) in [4.78, 5) is 31.3. The van der Waals surface area contributed by atoms with E-state index in [1.54, 1.807) is 42.2 Å². The molecule has 40 heavy (non-hydrogen) atoms. The van der Waals surface area contributed by atoms with Crippen LogP contribution in [0.4, 0.5) is 0 Å². The van der Waals surface area contributed by atoms with Gasteiger partial charge >= 0.3 is 0 Å². The number of nitrogens with zero attached hydrogens (tertiary/aromatic N) is 2. The predicted molar refractivity (Wildman–Crippen MR) is 150 cm³/mol. The van der Waals surface area contributed by atoms with Gasteiger partial charge in [0.25, 0.3) is 11.8 Å². The minimum absolute atomic E-state index is 0.00601. The number of carbonyl (C=O) groups is 2. The fraction of sp³-hybridized carbons (Fsp3) is 0.219. The molecule has 1 fully saturated rings. The summed E-state index contributed by atoms with van der Waals surface area (Å²) in [6.07, 6.45) is 1.63. The standard InChI is InChI=1S/C32H28N2O5S/c35-19-22-10-12-23(13-11-22)28-17-25(20-40-29-7-3-4-16-33-29)38-32(39-28)24-14-8-21(9-15-24)18-34-30(36)26-5-1-2-6-27(26)31(34)37/h1-16,25,28,32,35H,17-20H2. The van der Waals surface area contributed by atoms with E-state index >= 15 is 0 Å². The van der Waals surface area contributed by atoms with Gasteiger partial charge in [-0.1, -0.05) is 66.7 Å². The van der Waals surface area contributed by atoms with E-state index < -0.39 is 6.29 Å². The highest BCUT2D eigenvalue weighted by molar-refractivity contribution is 7.99. The Bertz CT molecular complexity index is 1460. The molecule has 4 aromatic rings. The molecule has 1 aromatic heterocycles. The fourth-order valence-electron chi connectivity index (χ4n) is 4.98. The van der Waals surface area contributed by atoms with E-state index in [2.05, 4.69) is 4.98 Å². The van der Waals surface area contributed by atoms with E-state index in [0.29, 0.717) is 17.5 Å². The number of benzene rings is 3. The zero-order valence-electron chi connectivity index (χ0n) is 21.7. The van der Waals surface area contributed by atoms with E-state index in [0.717, 1.165) is 33.0 Å². The van der Waals surface area contributed by atoms with Crippen LogP contribution >= 0.6 is 11.8 Å². The smallest absolute Gasteiger partial charge is 0.261 e. The van der Waals surface area contributed by atoms with Crippen molar-refractivity contribution in [3.63, 3.8) is 0 Å². The fourth-order valence-corrected chi connectivity index (χ4v) is 5.86. The Kier molecular flexibility index (Phi) is 7.75. The molecule has 0 aliphatic carbocycles. The van der Waals surface area contributed by atoms with Crippen molar-refractivity contribution in [2.75, 3.05) is 5.75 Å². The van der Waals surface area contributed by atoms with Crippen molar-refractivity contribution in [3.05, 3.63) is 131 Å². The van der Waals surface area contributed by atoms with E-state index in [1.807, 2.05) is 66.7 Å². The van der Waals surface area contributed by atoms with Crippen LogP contribution in [0.15, 0.2) is 102 Å². The summed E-state index contributed by atoms with van der Waals surface area (Å²) >= 11 is 1.65. The first-order valence-electron chi connectivity index (χ1n) is 13.2. The lowest BCUT2D eigenvalue weighted by Crippen LogP contribution is -2.31. The molecular formula is C32H28N2O5S. The highest BCUT2D eigenvalue weighted by Crippen LogP contribution is 2.39. The highest BCUT2D eigenvalue weighted by atomic mass is 32.2. The maximum atomic E-state index is 12.8. The number of aliphatic hydroxyl groups excluding tert-OH is 1. The lowest BCUT2D eigenvalue weighted by molar-refractivity contribution is -0.245. The van der Waals surface area contributed by atoms with Gasteiger partial charge in [-0.3, -0.25) is 14.5 Å². The lowest BCUT2D eigenvalue weighted by atomic mass is 10.0. The number of rotatable bonds is 8. The maximum Gasteiger partial charge on any atom is 0.261 e. The van der Waals surface area contributed by atoms with Crippen molar-refractivity contribution in [2.24, 2.45) is 0 Å². The molecule has 3 heterocycles. The zero-order chi connectivity index (χ0) is 27.5. The van der Waals surface area contributed by atoms with E-state index in [-0.39, 0.29) is 37.2 Å². The van der Waals surface area contributed by atoms with Crippen molar-refractivity contribution in [1.29, 1.82) is 0 Å². The molecule has 1 saturated heterocycles. The summed E-state index contributed by atoms with van der Waals surface area (Å²) in [5.74, 6) is 0.179. The highest BCUT2D eigenvalue weighted by Gasteiger charge is 2.35. The Hall–Kier alpha value is -3.82. The Morgan fingerprint density at radius 1 is 0.800 bits per heavy atom. The minimum atomic E-state index is -0.584. The summed E-state index contributed by atoms with van der Waals surface area (Å²) < 4.78 is 12.8. The molecule has 6 rings (SSSR count). The monoisotopic (exact) mass is 552 g/mol. The predicted octanol–water partition coefficient (Wildman–Crippen LogP) is 5.71. The third-order valence-electron chi connectivity index (χ3n) is 7.14. The van der Waals surface area contributed by atoms with Crippen LogP contribution in [0.5, 0.6) is 0 Å². The van der Waals surface area contributed by atoms with Crippen molar-refractivity contribution >= 4 is 23.6 Å². The number of thioether (sulfide) groups is 1. The topological polar surface area (TPSA) is 89.0 Å². The number of imide groups is 1. The molecule has 0 spiro atoms.